The fourth-order valence-electron chi connectivity index (χ4n) is 4.55. The lowest BCUT2D eigenvalue weighted by molar-refractivity contribution is -0.123. The molecule has 5 rings (SSSR count). The molecule has 0 spiro atoms. The quantitative estimate of drug-likeness (QED) is 0.263. The lowest BCUT2D eigenvalue weighted by atomic mass is 9.94. The first-order valence-electron chi connectivity index (χ1n) is 12.4. The Balaban J connectivity index is 1.68. The average Bonchev–Trinajstić information content (AvgIpc) is 3.67. The normalized spacial score (nSPS) is 13.6. The van der Waals surface area contributed by atoms with Crippen LogP contribution in [0.2, 0.25) is 5.02 Å². The third kappa shape index (κ3) is 5.47. The number of hydrogen-bond donors (Lipinski definition) is 1. The number of Topliss-reactive ketones (excluding diaryl/α,β-unsaturated/α-hetero) is 1. The molecule has 1 saturated carbocycles. The molecule has 39 heavy (non-hydrogen) atoms. The van der Waals surface area contributed by atoms with E-state index in [9.17, 15) is 27.6 Å². The summed E-state index contributed by atoms with van der Waals surface area (Å²) in [6, 6.07) is 13.9. The van der Waals surface area contributed by atoms with Crippen molar-refractivity contribution >= 4 is 34.1 Å². The molecule has 1 aliphatic carbocycles. The molecule has 202 valence electrons. The zero-order valence-corrected chi connectivity index (χ0v) is 21.5. The molecular formula is C28H23ClF3N3O4. The van der Waals surface area contributed by atoms with E-state index >= 15 is 0 Å². The summed E-state index contributed by atoms with van der Waals surface area (Å²) in [6.45, 7) is -0.140. The van der Waals surface area contributed by atoms with Gasteiger partial charge in [0.15, 0.2) is 11.5 Å². The summed E-state index contributed by atoms with van der Waals surface area (Å²) in [5.41, 5.74) is 0.583. The molecule has 0 unspecified atom stereocenters. The number of alkyl halides is 3. The van der Waals surface area contributed by atoms with Gasteiger partial charge in [-0.05, 0) is 42.0 Å². The van der Waals surface area contributed by atoms with Crippen molar-refractivity contribution in [3.8, 4) is 11.1 Å². The summed E-state index contributed by atoms with van der Waals surface area (Å²) in [5, 5.41) is 3.03. The Kier molecular flexibility index (Phi) is 7.07. The molecule has 1 amide bonds. The molecule has 2 aromatic carbocycles. The molecule has 0 bridgehead atoms. The van der Waals surface area contributed by atoms with Gasteiger partial charge in [-0.3, -0.25) is 19.0 Å². The highest BCUT2D eigenvalue weighted by atomic mass is 35.5. The number of nitrogens with one attached hydrogen (secondary N) is 1. The van der Waals surface area contributed by atoms with Crippen LogP contribution in [0.5, 0.6) is 0 Å². The van der Waals surface area contributed by atoms with Gasteiger partial charge in [-0.2, -0.15) is 13.2 Å². The first-order valence-corrected chi connectivity index (χ1v) is 12.7. The van der Waals surface area contributed by atoms with E-state index in [4.69, 9.17) is 16.0 Å². The molecule has 7 nitrogen and oxygen atoms in total. The second kappa shape index (κ2) is 10.3. The summed E-state index contributed by atoms with van der Waals surface area (Å²) < 4.78 is 45.2. The number of benzene rings is 2. The number of carbonyl (C=O) groups excluding carboxylic acids is 2. The molecule has 4 aromatic rings. The predicted octanol–water partition coefficient (Wildman–Crippen LogP) is 6.12. The third-order valence-electron chi connectivity index (χ3n) is 6.48. The monoisotopic (exact) mass is 557 g/mol. The van der Waals surface area contributed by atoms with Gasteiger partial charge in [-0.15, -0.1) is 0 Å². The summed E-state index contributed by atoms with van der Waals surface area (Å²) in [6.07, 6.45) is -3.10. The van der Waals surface area contributed by atoms with E-state index in [2.05, 4.69) is 4.98 Å². The molecule has 11 heteroatoms. The van der Waals surface area contributed by atoms with Crippen molar-refractivity contribution < 1.29 is 27.2 Å². The molecule has 0 atom stereocenters. The van der Waals surface area contributed by atoms with E-state index < -0.39 is 24.2 Å². The van der Waals surface area contributed by atoms with Crippen LogP contribution in [0.1, 0.15) is 64.7 Å². The first kappa shape index (κ1) is 26.7. The molecule has 0 aliphatic heterocycles. The standard InChI is InChI=1S/C28H23ClF3N3O4/c1-2-20(36)24-22(15-6-4-3-5-7-15)19-12-17(29)10-11-18(19)27(38)35(24)13-21-34-23(25(39-21)16-8-9-16)26(37)33-14-28(30,31)32/h3-7,10-12,16H,2,8-9,13-14H2,1H3,(H,33,37). The third-order valence-corrected chi connectivity index (χ3v) is 6.72. The van der Waals surface area contributed by atoms with Crippen LogP contribution in [-0.2, 0) is 6.54 Å². The number of aromatic nitrogens is 2. The maximum absolute atomic E-state index is 13.7. The van der Waals surface area contributed by atoms with Crippen molar-refractivity contribution in [2.45, 2.75) is 44.8 Å². The van der Waals surface area contributed by atoms with E-state index in [0.717, 1.165) is 0 Å². The van der Waals surface area contributed by atoms with Crippen LogP contribution in [0.15, 0.2) is 57.7 Å². The largest absolute Gasteiger partial charge is 0.443 e. The zero-order valence-electron chi connectivity index (χ0n) is 20.8. The summed E-state index contributed by atoms with van der Waals surface area (Å²) >= 11 is 6.28. The van der Waals surface area contributed by atoms with Crippen LogP contribution in [0.3, 0.4) is 0 Å². The first-order chi connectivity index (χ1) is 18.6. The van der Waals surface area contributed by atoms with Crippen LogP contribution in [0.25, 0.3) is 21.9 Å². The van der Waals surface area contributed by atoms with Gasteiger partial charge in [-0.25, -0.2) is 4.98 Å². The highest BCUT2D eigenvalue weighted by molar-refractivity contribution is 6.31. The highest BCUT2D eigenvalue weighted by Gasteiger charge is 2.36. The SMILES string of the molecule is CCC(=O)c1c(-c2ccccc2)c2cc(Cl)ccc2c(=O)n1Cc1nc(C(=O)NCC(F)(F)F)c(C2CC2)o1. The Labute approximate surface area is 225 Å². The van der Waals surface area contributed by atoms with Crippen molar-refractivity contribution in [2.75, 3.05) is 6.54 Å². The van der Waals surface area contributed by atoms with Gasteiger partial charge in [0, 0.05) is 28.3 Å². The van der Waals surface area contributed by atoms with Crippen LogP contribution >= 0.6 is 11.6 Å². The summed E-state index contributed by atoms with van der Waals surface area (Å²) in [7, 11) is 0. The summed E-state index contributed by atoms with van der Waals surface area (Å²) in [5.74, 6) is -1.36. The maximum atomic E-state index is 13.7. The number of oxazole rings is 1. The Bertz CT molecular complexity index is 1640. The van der Waals surface area contributed by atoms with Gasteiger partial charge in [0.25, 0.3) is 11.5 Å². The molecule has 1 N–H and O–H groups in total. The lowest BCUT2D eigenvalue weighted by Gasteiger charge is -2.18. The van der Waals surface area contributed by atoms with Crippen molar-refractivity contribution in [2.24, 2.45) is 0 Å². The average molecular weight is 558 g/mol. The van der Waals surface area contributed by atoms with E-state index in [-0.39, 0.29) is 47.7 Å². The van der Waals surface area contributed by atoms with Crippen molar-refractivity contribution in [1.29, 1.82) is 0 Å². The fraction of sp³-hybridized carbons (Fsp3) is 0.286. The van der Waals surface area contributed by atoms with E-state index in [1.807, 2.05) is 35.6 Å². The predicted molar refractivity (Wildman–Crippen MR) is 139 cm³/mol. The number of halogens is 4. The van der Waals surface area contributed by atoms with E-state index in [1.54, 1.807) is 25.1 Å². The number of ketones is 1. The second-order valence-corrected chi connectivity index (χ2v) is 9.78. The smallest absolute Gasteiger partial charge is 0.405 e. The zero-order chi connectivity index (χ0) is 27.9. The number of pyridine rings is 1. The van der Waals surface area contributed by atoms with E-state index in [0.29, 0.717) is 39.8 Å². The minimum Gasteiger partial charge on any atom is -0.443 e. The van der Waals surface area contributed by atoms with Crippen molar-refractivity contribution in [3.05, 3.63) is 86.9 Å². The maximum Gasteiger partial charge on any atom is 0.405 e. The molecular weight excluding hydrogens is 535 g/mol. The minimum absolute atomic E-state index is 0.0614. The Morgan fingerprint density at radius 1 is 1.13 bits per heavy atom. The molecule has 0 radical (unpaired) electrons. The van der Waals surface area contributed by atoms with Gasteiger partial charge < -0.3 is 9.73 Å². The second-order valence-electron chi connectivity index (χ2n) is 9.34. The van der Waals surface area contributed by atoms with Gasteiger partial charge >= 0.3 is 6.18 Å². The van der Waals surface area contributed by atoms with Crippen LogP contribution in [-0.4, -0.2) is 34.0 Å². The number of hydrogen-bond acceptors (Lipinski definition) is 5. The van der Waals surface area contributed by atoms with Crippen LogP contribution in [0.4, 0.5) is 13.2 Å². The topological polar surface area (TPSA) is 94.2 Å². The molecule has 0 saturated heterocycles. The van der Waals surface area contributed by atoms with Crippen LogP contribution < -0.4 is 10.9 Å². The van der Waals surface area contributed by atoms with Crippen LogP contribution in [0, 0.1) is 0 Å². The Morgan fingerprint density at radius 3 is 2.49 bits per heavy atom. The van der Waals surface area contributed by atoms with Crippen molar-refractivity contribution in [3.63, 3.8) is 0 Å². The van der Waals surface area contributed by atoms with Gasteiger partial charge in [0.2, 0.25) is 5.89 Å². The Morgan fingerprint density at radius 2 is 1.85 bits per heavy atom. The fourth-order valence-corrected chi connectivity index (χ4v) is 4.73. The number of carbonyl (C=O) groups is 2. The number of fused-ring (bicyclic) bond motifs is 1. The number of amides is 1. The highest BCUT2D eigenvalue weighted by Crippen LogP contribution is 2.42. The molecule has 2 heterocycles. The van der Waals surface area contributed by atoms with Crippen molar-refractivity contribution in [1.82, 2.24) is 14.9 Å². The minimum atomic E-state index is -4.59. The van der Waals surface area contributed by atoms with Gasteiger partial charge in [-0.1, -0.05) is 48.9 Å². The molecule has 1 aliphatic rings. The lowest BCUT2D eigenvalue weighted by Crippen LogP contribution is -2.34. The number of nitrogens with zero attached hydrogens (tertiary/aromatic N) is 2. The Hall–Kier alpha value is -3.92. The molecule has 2 aromatic heterocycles. The summed E-state index contributed by atoms with van der Waals surface area (Å²) in [4.78, 5) is 43.9. The van der Waals surface area contributed by atoms with E-state index in [1.165, 1.54) is 4.57 Å². The molecule has 1 fully saturated rings. The van der Waals surface area contributed by atoms with Gasteiger partial charge in [0.05, 0.1) is 5.69 Å². The van der Waals surface area contributed by atoms with Gasteiger partial charge in [0.1, 0.15) is 18.8 Å². The number of rotatable bonds is 8.